The lowest BCUT2D eigenvalue weighted by Crippen LogP contribution is -2.52. The van der Waals surface area contributed by atoms with Gasteiger partial charge in [0.1, 0.15) is 12.6 Å². The summed E-state index contributed by atoms with van der Waals surface area (Å²) in [6.45, 7) is 11.3. The van der Waals surface area contributed by atoms with Crippen molar-refractivity contribution in [1.82, 2.24) is 10.2 Å². The molecule has 0 spiro atoms. The number of hydrogen-bond donors (Lipinski definition) is 1. The predicted molar refractivity (Wildman–Crippen MR) is 171 cm³/mol. The quantitative estimate of drug-likeness (QED) is 0.241. The summed E-state index contributed by atoms with van der Waals surface area (Å²) >= 11 is 12.6. The van der Waals surface area contributed by atoms with Crippen molar-refractivity contribution in [2.24, 2.45) is 5.92 Å². The maximum atomic E-state index is 14.2. The zero-order chi connectivity index (χ0) is 31.2. The Balaban J connectivity index is 2.10. The number of anilines is 1. The molecule has 0 fully saturated rings. The molecule has 226 valence electrons. The molecule has 2 amide bonds. The number of halogens is 2. The van der Waals surface area contributed by atoms with Gasteiger partial charge in [0.15, 0.2) is 0 Å². The second-order valence-electron chi connectivity index (χ2n) is 11.0. The zero-order valence-corrected chi connectivity index (χ0v) is 27.3. The van der Waals surface area contributed by atoms with E-state index < -0.39 is 28.5 Å². The van der Waals surface area contributed by atoms with Crippen LogP contribution in [0.15, 0.2) is 65.6 Å². The lowest BCUT2D eigenvalue weighted by molar-refractivity contribution is -0.140. The lowest BCUT2D eigenvalue weighted by Gasteiger charge is -2.33. The van der Waals surface area contributed by atoms with Crippen molar-refractivity contribution < 1.29 is 18.0 Å². The number of nitrogens with zero attached hydrogens (tertiary/aromatic N) is 2. The molecule has 0 aliphatic rings. The summed E-state index contributed by atoms with van der Waals surface area (Å²) in [5, 5.41) is 3.70. The lowest BCUT2D eigenvalue weighted by atomic mass is 10.1. The SMILES string of the molecule is CC[C@@H](C(=O)NCC(C)C)N(Cc1ccc(Cl)cc1Cl)C(=O)CN(c1cc(C)cc(C)c1)S(=O)(=O)c1ccc(C)cc1. The minimum absolute atomic E-state index is 0.00624. The van der Waals surface area contributed by atoms with Crippen LogP contribution in [-0.4, -0.2) is 44.3 Å². The van der Waals surface area contributed by atoms with Crippen molar-refractivity contribution >= 4 is 50.7 Å². The van der Waals surface area contributed by atoms with Crippen LogP contribution < -0.4 is 9.62 Å². The molecule has 0 radical (unpaired) electrons. The number of rotatable bonds is 12. The first-order valence-corrected chi connectivity index (χ1v) is 16.1. The molecule has 7 nitrogen and oxygen atoms in total. The van der Waals surface area contributed by atoms with E-state index in [0.717, 1.165) is 21.0 Å². The van der Waals surface area contributed by atoms with Crippen LogP contribution in [0.4, 0.5) is 5.69 Å². The van der Waals surface area contributed by atoms with Crippen molar-refractivity contribution in [3.05, 3.63) is 93.0 Å². The van der Waals surface area contributed by atoms with Gasteiger partial charge in [0.05, 0.1) is 10.6 Å². The Morgan fingerprint density at radius 1 is 0.881 bits per heavy atom. The van der Waals surface area contributed by atoms with Crippen LogP contribution in [0.25, 0.3) is 0 Å². The molecule has 0 aliphatic carbocycles. The first-order valence-electron chi connectivity index (χ1n) is 13.9. The fraction of sp³-hybridized carbons (Fsp3) is 0.375. The maximum Gasteiger partial charge on any atom is 0.264 e. The van der Waals surface area contributed by atoms with Gasteiger partial charge in [-0.3, -0.25) is 13.9 Å². The molecule has 10 heteroatoms. The van der Waals surface area contributed by atoms with E-state index in [1.165, 1.54) is 17.0 Å². The van der Waals surface area contributed by atoms with E-state index in [4.69, 9.17) is 23.2 Å². The van der Waals surface area contributed by atoms with Gasteiger partial charge in [0, 0.05) is 23.1 Å². The highest BCUT2D eigenvalue weighted by Gasteiger charge is 2.34. The monoisotopic (exact) mass is 631 g/mol. The molecule has 0 aromatic heterocycles. The third kappa shape index (κ3) is 8.49. The standard InChI is InChI=1S/C32H39Cl2N3O4S/c1-7-30(32(39)35-18-21(2)3)36(19-25-10-11-26(33)17-29(25)34)31(38)20-37(27-15-23(5)14-24(6)16-27)42(40,41)28-12-8-22(4)9-13-28/h8-17,21,30H,7,18-20H2,1-6H3,(H,35,39)/t30-/m0/s1. The Bertz CT molecular complexity index is 1500. The molecule has 0 unspecified atom stereocenters. The fourth-order valence-corrected chi connectivity index (χ4v) is 6.50. The Labute approximate surface area is 259 Å². The molecule has 3 aromatic carbocycles. The number of carbonyl (C=O) groups is 2. The molecule has 0 bridgehead atoms. The number of carbonyl (C=O) groups excluding carboxylic acids is 2. The van der Waals surface area contributed by atoms with Gasteiger partial charge in [-0.05, 0) is 86.2 Å². The van der Waals surface area contributed by atoms with E-state index >= 15 is 0 Å². The second-order valence-corrected chi connectivity index (χ2v) is 13.7. The van der Waals surface area contributed by atoms with Crippen molar-refractivity contribution in [1.29, 1.82) is 0 Å². The number of benzene rings is 3. The van der Waals surface area contributed by atoms with Gasteiger partial charge >= 0.3 is 0 Å². The molecule has 42 heavy (non-hydrogen) atoms. The van der Waals surface area contributed by atoms with Gasteiger partial charge in [0.25, 0.3) is 10.0 Å². The van der Waals surface area contributed by atoms with Crippen LogP contribution in [0.2, 0.25) is 10.0 Å². The Kier molecular flexibility index (Phi) is 11.5. The van der Waals surface area contributed by atoms with Gasteiger partial charge in [-0.2, -0.15) is 0 Å². The number of hydrogen-bond acceptors (Lipinski definition) is 4. The molecular formula is C32H39Cl2N3O4S. The molecular weight excluding hydrogens is 593 g/mol. The van der Waals surface area contributed by atoms with Gasteiger partial charge in [-0.25, -0.2) is 8.42 Å². The highest BCUT2D eigenvalue weighted by molar-refractivity contribution is 7.92. The van der Waals surface area contributed by atoms with E-state index in [1.54, 1.807) is 42.5 Å². The van der Waals surface area contributed by atoms with Crippen LogP contribution in [0.1, 0.15) is 49.4 Å². The smallest absolute Gasteiger partial charge is 0.264 e. The predicted octanol–water partition coefficient (Wildman–Crippen LogP) is 6.69. The van der Waals surface area contributed by atoms with Crippen LogP contribution in [0.3, 0.4) is 0 Å². The van der Waals surface area contributed by atoms with Crippen molar-refractivity contribution in [2.45, 2.75) is 65.4 Å². The fourth-order valence-electron chi connectivity index (χ4n) is 4.64. The first-order chi connectivity index (χ1) is 19.7. The minimum Gasteiger partial charge on any atom is -0.354 e. The summed E-state index contributed by atoms with van der Waals surface area (Å²) in [5.74, 6) is -0.646. The number of sulfonamides is 1. The minimum atomic E-state index is -4.15. The molecule has 0 saturated heterocycles. The summed E-state index contributed by atoms with van der Waals surface area (Å²) < 4.78 is 29.3. The largest absolute Gasteiger partial charge is 0.354 e. The molecule has 3 rings (SSSR count). The van der Waals surface area contributed by atoms with Crippen molar-refractivity contribution in [3.8, 4) is 0 Å². The highest BCUT2D eigenvalue weighted by atomic mass is 35.5. The van der Waals surface area contributed by atoms with Gasteiger partial charge < -0.3 is 10.2 Å². The van der Waals surface area contributed by atoms with Crippen LogP contribution >= 0.6 is 23.2 Å². The normalized spacial score (nSPS) is 12.2. The van der Waals surface area contributed by atoms with Crippen LogP contribution in [0, 0.1) is 26.7 Å². The average Bonchev–Trinajstić information content (AvgIpc) is 2.91. The summed E-state index contributed by atoms with van der Waals surface area (Å²) in [7, 11) is -4.15. The van der Waals surface area contributed by atoms with Crippen molar-refractivity contribution in [2.75, 3.05) is 17.4 Å². The number of nitrogens with one attached hydrogen (secondary N) is 1. The summed E-state index contributed by atoms with van der Waals surface area (Å²) in [6.07, 6.45) is 0.315. The van der Waals surface area contributed by atoms with Gasteiger partial charge in [-0.1, -0.05) is 73.8 Å². The highest BCUT2D eigenvalue weighted by Crippen LogP contribution is 2.28. The molecule has 3 aromatic rings. The molecule has 1 N–H and O–H groups in total. The topological polar surface area (TPSA) is 86.8 Å². The molecule has 0 saturated carbocycles. The maximum absolute atomic E-state index is 14.2. The molecule has 0 aliphatic heterocycles. The third-order valence-electron chi connectivity index (χ3n) is 6.81. The summed E-state index contributed by atoms with van der Waals surface area (Å²) in [5.41, 5.74) is 3.57. The summed E-state index contributed by atoms with van der Waals surface area (Å²) in [4.78, 5) is 29.1. The van der Waals surface area contributed by atoms with E-state index in [2.05, 4.69) is 5.32 Å². The van der Waals surface area contributed by atoms with E-state index in [0.29, 0.717) is 34.3 Å². The van der Waals surface area contributed by atoms with E-state index in [1.807, 2.05) is 47.6 Å². The van der Waals surface area contributed by atoms with Crippen LogP contribution in [0.5, 0.6) is 0 Å². The summed E-state index contributed by atoms with van der Waals surface area (Å²) in [6, 6.07) is 16.0. The zero-order valence-electron chi connectivity index (χ0n) is 24.9. The Hall–Kier alpha value is -3.07. The molecule has 0 heterocycles. The molecule has 1 atom stereocenters. The second kappa shape index (κ2) is 14.4. The van der Waals surface area contributed by atoms with Gasteiger partial charge in [0.2, 0.25) is 11.8 Å². The van der Waals surface area contributed by atoms with Crippen molar-refractivity contribution in [3.63, 3.8) is 0 Å². The first kappa shape index (κ1) is 33.4. The average molecular weight is 633 g/mol. The number of aryl methyl sites for hydroxylation is 3. The van der Waals surface area contributed by atoms with Gasteiger partial charge in [-0.15, -0.1) is 0 Å². The third-order valence-corrected chi connectivity index (χ3v) is 9.18. The Morgan fingerprint density at radius 3 is 2.05 bits per heavy atom. The van der Waals surface area contributed by atoms with Crippen LogP contribution in [-0.2, 0) is 26.2 Å². The number of amides is 2. The Morgan fingerprint density at radius 2 is 1.50 bits per heavy atom. The van der Waals surface area contributed by atoms with E-state index in [9.17, 15) is 18.0 Å². The van der Waals surface area contributed by atoms with E-state index in [-0.39, 0.29) is 23.3 Å².